The van der Waals surface area contributed by atoms with Crippen LogP contribution in [0.4, 0.5) is 0 Å². The third kappa shape index (κ3) is 1.88. The largest absolute Gasteiger partial charge is 0.447 e. The van der Waals surface area contributed by atoms with E-state index in [1.807, 2.05) is 6.92 Å². The summed E-state index contributed by atoms with van der Waals surface area (Å²) in [6.45, 7) is 2.70. The average molecular weight is 244 g/mol. The number of sulfonamides is 1. The van der Waals surface area contributed by atoms with E-state index >= 15 is 0 Å². The summed E-state index contributed by atoms with van der Waals surface area (Å²) in [4.78, 5) is 0. The normalized spacial score (nSPS) is 22.8. The van der Waals surface area contributed by atoms with Gasteiger partial charge in [0, 0.05) is 12.6 Å². The van der Waals surface area contributed by atoms with Gasteiger partial charge in [-0.25, -0.2) is 8.42 Å². The molecule has 1 aromatic rings. The minimum atomic E-state index is -3.47. The molecule has 2 heterocycles. The highest BCUT2D eigenvalue weighted by molar-refractivity contribution is 7.89. The fourth-order valence-electron chi connectivity index (χ4n) is 1.99. The molecule has 90 valence electrons. The molecule has 1 saturated heterocycles. The van der Waals surface area contributed by atoms with Crippen molar-refractivity contribution >= 4 is 10.0 Å². The Balaban J connectivity index is 2.31. The van der Waals surface area contributed by atoms with Crippen LogP contribution < -0.4 is 5.73 Å². The Morgan fingerprint density at radius 1 is 1.56 bits per heavy atom. The fourth-order valence-corrected chi connectivity index (χ4v) is 3.62. The van der Waals surface area contributed by atoms with Gasteiger partial charge in [-0.1, -0.05) is 0 Å². The zero-order valence-electron chi connectivity index (χ0n) is 9.22. The molecule has 2 rings (SSSR count). The van der Waals surface area contributed by atoms with Gasteiger partial charge in [0.05, 0.1) is 6.54 Å². The lowest BCUT2D eigenvalue weighted by molar-refractivity contribution is 0.365. The van der Waals surface area contributed by atoms with Crippen LogP contribution in [0.25, 0.3) is 0 Å². The summed E-state index contributed by atoms with van der Waals surface area (Å²) in [6.07, 6.45) is 1.81. The number of furan rings is 1. The maximum atomic E-state index is 12.2. The fraction of sp³-hybridized carbons (Fsp3) is 0.600. The molecule has 16 heavy (non-hydrogen) atoms. The van der Waals surface area contributed by atoms with Gasteiger partial charge in [-0.05, 0) is 31.9 Å². The van der Waals surface area contributed by atoms with E-state index in [2.05, 4.69) is 0 Å². The summed E-state index contributed by atoms with van der Waals surface area (Å²) in [6, 6.07) is 3.13. The molecule has 1 aromatic heterocycles. The highest BCUT2D eigenvalue weighted by Gasteiger charge is 2.34. The molecule has 0 bridgehead atoms. The Hall–Kier alpha value is -0.850. The standard InChI is InChI=1S/C10H16N2O3S/c1-8-3-2-6-12(8)16(13,14)10-5-4-9(7-11)15-10/h4-5,8H,2-3,6-7,11H2,1H3. The summed E-state index contributed by atoms with van der Waals surface area (Å²) in [7, 11) is -3.47. The molecular formula is C10H16N2O3S. The van der Waals surface area contributed by atoms with Crippen LogP contribution in [-0.4, -0.2) is 25.3 Å². The van der Waals surface area contributed by atoms with Crippen molar-refractivity contribution in [1.82, 2.24) is 4.31 Å². The molecule has 0 amide bonds. The molecule has 1 unspecified atom stereocenters. The second-order valence-corrected chi connectivity index (χ2v) is 5.85. The third-order valence-corrected chi connectivity index (χ3v) is 4.78. The van der Waals surface area contributed by atoms with E-state index in [0.717, 1.165) is 12.8 Å². The predicted molar refractivity (Wildman–Crippen MR) is 59.2 cm³/mol. The van der Waals surface area contributed by atoms with Gasteiger partial charge in [-0.15, -0.1) is 0 Å². The number of nitrogens with two attached hydrogens (primary N) is 1. The topological polar surface area (TPSA) is 76.5 Å². The molecule has 1 fully saturated rings. The van der Waals surface area contributed by atoms with E-state index in [0.29, 0.717) is 12.3 Å². The first-order valence-electron chi connectivity index (χ1n) is 5.36. The van der Waals surface area contributed by atoms with Crippen molar-refractivity contribution in [3.63, 3.8) is 0 Å². The first kappa shape index (κ1) is 11.6. The molecule has 1 atom stereocenters. The molecule has 0 spiro atoms. The maximum absolute atomic E-state index is 12.2. The van der Waals surface area contributed by atoms with Crippen molar-refractivity contribution < 1.29 is 12.8 Å². The highest BCUT2D eigenvalue weighted by Crippen LogP contribution is 2.26. The summed E-state index contributed by atoms with van der Waals surface area (Å²) in [5.74, 6) is 0.491. The number of hydrogen-bond donors (Lipinski definition) is 1. The van der Waals surface area contributed by atoms with Crippen LogP contribution in [0.1, 0.15) is 25.5 Å². The van der Waals surface area contributed by atoms with E-state index in [1.165, 1.54) is 10.4 Å². The van der Waals surface area contributed by atoms with Gasteiger partial charge in [0.15, 0.2) is 0 Å². The van der Waals surface area contributed by atoms with E-state index in [4.69, 9.17) is 10.2 Å². The molecule has 5 nitrogen and oxygen atoms in total. The van der Waals surface area contributed by atoms with Crippen molar-refractivity contribution in [2.24, 2.45) is 5.73 Å². The maximum Gasteiger partial charge on any atom is 0.276 e. The van der Waals surface area contributed by atoms with Crippen molar-refractivity contribution in [1.29, 1.82) is 0 Å². The zero-order chi connectivity index (χ0) is 11.8. The molecule has 0 aliphatic carbocycles. The molecule has 1 aliphatic rings. The predicted octanol–water partition coefficient (Wildman–Crippen LogP) is 0.911. The van der Waals surface area contributed by atoms with E-state index in [1.54, 1.807) is 6.07 Å². The van der Waals surface area contributed by atoms with Crippen molar-refractivity contribution in [3.05, 3.63) is 17.9 Å². The van der Waals surface area contributed by atoms with Crippen LogP contribution in [0.3, 0.4) is 0 Å². The molecule has 6 heteroatoms. The molecule has 0 saturated carbocycles. The van der Waals surface area contributed by atoms with E-state index < -0.39 is 10.0 Å². The summed E-state index contributed by atoms with van der Waals surface area (Å²) >= 11 is 0. The van der Waals surface area contributed by atoms with Crippen LogP contribution in [0.5, 0.6) is 0 Å². The van der Waals surface area contributed by atoms with Crippen LogP contribution in [-0.2, 0) is 16.6 Å². The Morgan fingerprint density at radius 3 is 2.81 bits per heavy atom. The first-order chi connectivity index (χ1) is 7.55. The Kier molecular flexibility index (Phi) is 3.05. The molecular weight excluding hydrogens is 228 g/mol. The van der Waals surface area contributed by atoms with Gasteiger partial charge in [0.2, 0.25) is 5.09 Å². The average Bonchev–Trinajstić information content (AvgIpc) is 2.85. The Bertz CT molecular complexity index is 466. The number of nitrogens with zero attached hydrogens (tertiary/aromatic N) is 1. The molecule has 0 radical (unpaired) electrons. The van der Waals surface area contributed by atoms with Crippen molar-refractivity contribution in [2.75, 3.05) is 6.54 Å². The molecule has 2 N–H and O–H groups in total. The van der Waals surface area contributed by atoms with Gasteiger partial charge in [0.25, 0.3) is 10.0 Å². The van der Waals surface area contributed by atoms with Crippen molar-refractivity contribution in [3.8, 4) is 0 Å². The number of rotatable bonds is 3. The highest BCUT2D eigenvalue weighted by atomic mass is 32.2. The monoisotopic (exact) mass is 244 g/mol. The first-order valence-corrected chi connectivity index (χ1v) is 6.80. The summed E-state index contributed by atoms with van der Waals surface area (Å²) in [5.41, 5.74) is 5.39. The second kappa shape index (κ2) is 4.20. The Morgan fingerprint density at radius 2 is 2.31 bits per heavy atom. The summed E-state index contributed by atoms with van der Waals surface area (Å²) < 4.78 is 31.0. The Labute approximate surface area is 95.3 Å². The zero-order valence-corrected chi connectivity index (χ0v) is 10.0. The summed E-state index contributed by atoms with van der Waals surface area (Å²) in [5, 5.41) is 0.00157. The molecule has 1 aliphatic heterocycles. The minimum absolute atomic E-state index is 0.00157. The van der Waals surface area contributed by atoms with Crippen LogP contribution in [0.2, 0.25) is 0 Å². The van der Waals surface area contributed by atoms with E-state index in [9.17, 15) is 8.42 Å². The smallest absolute Gasteiger partial charge is 0.276 e. The van der Waals surface area contributed by atoms with Crippen LogP contribution >= 0.6 is 0 Å². The lowest BCUT2D eigenvalue weighted by Gasteiger charge is -2.18. The second-order valence-electron chi connectivity index (χ2n) is 4.03. The van der Waals surface area contributed by atoms with Crippen LogP contribution in [0, 0.1) is 0 Å². The van der Waals surface area contributed by atoms with Crippen LogP contribution in [0.15, 0.2) is 21.6 Å². The quantitative estimate of drug-likeness (QED) is 0.857. The van der Waals surface area contributed by atoms with Gasteiger partial charge in [-0.2, -0.15) is 4.31 Å². The minimum Gasteiger partial charge on any atom is -0.447 e. The lowest BCUT2D eigenvalue weighted by Crippen LogP contribution is -2.33. The number of hydrogen-bond acceptors (Lipinski definition) is 4. The lowest BCUT2D eigenvalue weighted by atomic mass is 10.3. The van der Waals surface area contributed by atoms with Gasteiger partial charge < -0.3 is 10.2 Å². The van der Waals surface area contributed by atoms with Gasteiger partial charge in [-0.3, -0.25) is 0 Å². The van der Waals surface area contributed by atoms with Crippen molar-refractivity contribution in [2.45, 2.75) is 37.4 Å². The SMILES string of the molecule is CC1CCCN1S(=O)(=O)c1ccc(CN)o1. The molecule has 0 aromatic carbocycles. The van der Waals surface area contributed by atoms with E-state index in [-0.39, 0.29) is 17.7 Å². The third-order valence-electron chi connectivity index (χ3n) is 2.89. The van der Waals surface area contributed by atoms with Gasteiger partial charge in [0.1, 0.15) is 5.76 Å². The van der Waals surface area contributed by atoms with Gasteiger partial charge >= 0.3 is 0 Å².